The van der Waals surface area contributed by atoms with Gasteiger partial charge < -0.3 is 0 Å². The Morgan fingerprint density at radius 1 is 0.408 bits per heavy atom. The summed E-state index contributed by atoms with van der Waals surface area (Å²) in [5, 5.41) is 2.53. The van der Waals surface area contributed by atoms with Crippen molar-refractivity contribution in [2.45, 2.75) is 19.3 Å². The van der Waals surface area contributed by atoms with Gasteiger partial charge in [0.15, 0.2) is 5.82 Å². The molecule has 49 heavy (non-hydrogen) atoms. The lowest BCUT2D eigenvalue weighted by molar-refractivity contribution is 0.661. The third kappa shape index (κ3) is 4.86. The van der Waals surface area contributed by atoms with Gasteiger partial charge in [0.05, 0.1) is 17.1 Å². The molecule has 2 aromatic heterocycles. The monoisotopic (exact) mass is 627 g/mol. The van der Waals surface area contributed by atoms with Crippen LogP contribution in [0.2, 0.25) is 0 Å². The lowest BCUT2D eigenvalue weighted by Gasteiger charge is -2.22. The maximum absolute atomic E-state index is 5.27. The fourth-order valence-electron chi connectivity index (χ4n) is 7.53. The first-order valence-corrected chi connectivity index (χ1v) is 16.8. The number of pyridine rings is 1. The maximum Gasteiger partial charge on any atom is 0.160 e. The van der Waals surface area contributed by atoms with E-state index in [2.05, 4.69) is 140 Å². The fraction of sp³-hybridized carbons (Fsp3) is 0.0652. The molecule has 0 aliphatic heterocycles. The highest BCUT2D eigenvalue weighted by Gasteiger charge is 2.37. The summed E-state index contributed by atoms with van der Waals surface area (Å²) in [5.74, 6) is 0.690. The first-order chi connectivity index (χ1) is 24.1. The molecule has 6 aromatic carbocycles. The Balaban J connectivity index is 1.28. The Kier molecular flexibility index (Phi) is 6.80. The molecular formula is C46H33N3. The Morgan fingerprint density at radius 2 is 0.980 bits per heavy atom. The summed E-state index contributed by atoms with van der Waals surface area (Å²) in [4.78, 5) is 15.1. The van der Waals surface area contributed by atoms with Crippen molar-refractivity contribution >= 4 is 10.8 Å². The van der Waals surface area contributed by atoms with Gasteiger partial charge >= 0.3 is 0 Å². The van der Waals surface area contributed by atoms with Crippen LogP contribution >= 0.6 is 0 Å². The summed E-state index contributed by atoms with van der Waals surface area (Å²) in [6.45, 7) is 4.70. The van der Waals surface area contributed by atoms with Crippen LogP contribution in [0.25, 0.3) is 78.2 Å². The van der Waals surface area contributed by atoms with Crippen LogP contribution in [0.1, 0.15) is 25.0 Å². The highest BCUT2D eigenvalue weighted by atomic mass is 14.9. The molecule has 232 valence electrons. The van der Waals surface area contributed by atoms with E-state index >= 15 is 0 Å². The van der Waals surface area contributed by atoms with E-state index in [1.807, 2.05) is 42.6 Å². The lowest BCUT2D eigenvalue weighted by atomic mass is 9.81. The summed E-state index contributed by atoms with van der Waals surface area (Å²) in [5.41, 5.74) is 14.3. The first kappa shape index (κ1) is 29.0. The minimum absolute atomic E-state index is 0.128. The number of aromatic nitrogens is 3. The van der Waals surface area contributed by atoms with E-state index < -0.39 is 0 Å². The van der Waals surface area contributed by atoms with Gasteiger partial charge in [-0.2, -0.15) is 0 Å². The molecule has 0 bridgehead atoms. The summed E-state index contributed by atoms with van der Waals surface area (Å²) >= 11 is 0. The standard InChI is InChI=1S/C46H33N3/c1-46(2)39-24-14-23-37(44(39)38-27-31-17-6-7-18-32(31)28-40(38)46)33-19-8-9-20-34(33)42-29-43(49-45(48-42)30-15-4-3-5-16-30)36-22-11-10-21-35(36)41-25-12-13-26-47-41/h3-29H,1-2H3. The van der Waals surface area contributed by atoms with Gasteiger partial charge in [-0.25, -0.2) is 9.97 Å². The number of rotatable bonds is 5. The molecule has 0 spiro atoms. The SMILES string of the molecule is CC1(C)c2cc3ccccc3cc2-c2c(-c3ccccc3-c3cc(-c4ccccc4-c4ccccn4)nc(-c4ccccc4)n3)cccc21. The van der Waals surface area contributed by atoms with Crippen LogP contribution in [-0.4, -0.2) is 15.0 Å². The normalized spacial score (nSPS) is 12.9. The molecular weight excluding hydrogens is 595 g/mol. The Hall–Kier alpha value is -6.19. The largest absolute Gasteiger partial charge is 0.256 e. The number of hydrogen-bond acceptors (Lipinski definition) is 3. The van der Waals surface area contributed by atoms with Gasteiger partial charge in [-0.1, -0.05) is 141 Å². The lowest BCUT2D eigenvalue weighted by Crippen LogP contribution is -2.14. The van der Waals surface area contributed by atoms with Crippen LogP contribution in [0, 0.1) is 0 Å². The van der Waals surface area contributed by atoms with E-state index in [-0.39, 0.29) is 5.41 Å². The van der Waals surface area contributed by atoms with Crippen molar-refractivity contribution < 1.29 is 0 Å². The average Bonchev–Trinajstić information content (AvgIpc) is 3.39. The molecule has 0 saturated carbocycles. The van der Waals surface area contributed by atoms with Gasteiger partial charge in [0.2, 0.25) is 0 Å². The molecule has 8 aromatic rings. The van der Waals surface area contributed by atoms with Crippen molar-refractivity contribution in [1.29, 1.82) is 0 Å². The molecule has 2 heterocycles. The van der Waals surface area contributed by atoms with Crippen molar-refractivity contribution in [1.82, 2.24) is 15.0 Å². The van der Waals surface area contributed by atoms with Crippen molar-refractivity contribution in [3.8, 4) is 67.4 Å². The molecule has 0 unspecified atom stereocenters. The smallest absolute Gasteiger partial charge is 0.160 e. The van der Waals surface area contributed by atoms with Crippen molar-refractivity contribution in [2.75, 3.05) is 0 Å². The second-order valence-electron chi connectivity index (χ2n) is 13.2. The number of nitrogens with zero attached hydrogens (tertiary/aromatic N) is 3. The van der Waals surface area contributed by atoms with Crippen molar-refractivity contribution in [3.05, 3.63) is 175 Å². The van der Waals surface area contributed by atoms with Crippen LogP contribution in [0.4, 0.5) is 0 Å². The Bertz CT molecular complexity index is 2520. The molecule has 0 N–H and O–H groups in total. The molecule has 0 fully saturated rings. The van der Waals surface area contributed by atoms with E-state index in [1.165, 1.54) is 38.6 Å². The third-order valence-electron chi connectivity index (χ3n) is 9.96. The van der Waals surface area contributed by atoms with Crippen LogP contribution in [0.15, 0.2) is 164 Å². The van der Waals surface area contributed by atoms with Gasteiger partial charge in [0.25, 0.3) is 0 Å². The molecule has 1 aliphatic carbocycles. The van der Waals surface area contributed by atoms with E-state index in [9.17, 15) is 0 Å². The van der Waals surface area contributed by atoms with E-state index in [1.54, 1.807) is 0 Å². The van der Waals surface area contributed by atoms with E-state index in [0.29, 0.717) is 5.82 Å². The predicted octanol–water partition coefficient (Wildman–Crippen LogP) is 11.7. The van der Waals surface area contributed by atoms with Gasteiger partial charge in [-0.15, -0.1) is 0 Å². The molecule has 0 atom stereocenters. The van der Waals surface area contributed by atoms with Gasteiger partial charge in [-0.3, -0.25) is 4.98 Å². The van der Waals surface area contributed by atoms with Gasteiger partial charge in [0.1, 0.15) is 0 Å². The van der Waals surface area contributed by atoms with Crippen LogP contribution in [0.5, 0.6) is 0 Å². The molecule has 0 amide bonds. The summed E-state index contributed by atoms with van der Waals surface area (Å²) < 4.78 is 0. The second kappa shape index (κ2) is 11.5. The molecule has 9 rings (SSSR count). The summed E-state index contributed by atoms with van der Waals surface area (Å²) in [6, 6.07) is 55.7. The number of fused-ring (bicyclic) bond motifs is 4. The maximum atomic E-state index is 5.27. The average molecular weight is 628 g/mol. The van der Waals surface area contributed by atoms with E-state index in [0.717, 1.165) is 44.9 Å². The zero-order valence-corrected chi connectivity index (χ0v) is 27.4. The van der Waals surface area contributed by atoms with Gasteiger partial charge in [0, 0.05) is 33.9 Å². The van der Waals surface area contributed by atoms with Crippen LogP contribution in [0.3, 0.4) is 0 Å². The predicted molar refractivity (Wildman–Crippen MR) is 202 cm³/mol. The first-order valence-electron chi connectivity index (χ1n) is 16.8. The fourth-order valence-corrected chi connectivity index (χ4v) is 7.53. The van der Waals surface area contributed by atoms with Crippen LogP contribution < -0.4 is 0 Å². The minimum atomic E-state index is -0.128. The van der Waals surface area contributed by atoms with Gasteiger partial charge in [-0.05, 0) is 74.5 Å². The molecule has 3 heteroatoms. The topological polar surface area (TPSA) is 38.7 Å². The quantitative estimate of drug-likeness (QED) is 0.191. The number of benzene rings is 6. The molecule has 0 saturated heterocycles. The highest BCUT2D eigenvalue weighted by Crippen LogP contribution is 2.54. The van der Waals surface area contributed by atoms with Crippen molar-refractivity contribution in [3.63, 3.8) is 0 Å². The minimum Gasteiger partial charge on any atom is -0.256 e. The third-order valence-corrected chi connectivity index (χ3v) is 9.96. The second-order valence-corrected chi connectivity index (χ2v) is 13.2. The Morgan fingerprint density at radius 3 is 1.67 bits per heavy atom. The molecule has 3 nitrogen and oxygen atoms in total. The van der Waals surface area contributed by atoms with Crippen molar-refractivity contribution in [2.24, 2.45) is 0 Å². The van der Waals surface area contributed by atoms with E-state index in [4.69, 9.17) is 9.97 Å². The van der Waals surface area contributed by atoms with Crippen LogP contribution in [-0.2, 0) is 5.41 Å². The Labute approximate surface area is 286 Å². The highest BCUT2D eigenvalue weighted by molar-refractivity contribution is 6.00. The summed E-state index contributed by atoms with van der Waals surface area (Å²) in [6.07, 6.45) is 1.84. The number of hydrogen-bond donors (Lipinski definition) is 0. The molecule has 0 radical (unpaired) electrons. The summed E-state index contributed by atoms with van der Waals surface area (Å²) in [7, 11) is 0. The zero-order chi connectivity index (χ0) is 33.0. The zero-order valence-electron chi connectivity index (χ0n) is 27.4. The molecule has 1 aliphatic rings.